The maximum atomic E-state index is 10.8. The smallest absolute Gasteiger partial charge is 0.303 e. The highest BCUT2D eigenvalue weighted by atomic mass is 16.4. The van der Waals surface area contributed by atoms with Crippen LogP contribution in [0.2, 0.25) is 0 Å². The van der Waals surface area contributed by atoms with E-state index in [0.717, 1.165) is 25.6 Å². The Morgan fingerprint density at radius 3 is 2.53 bits per heavy atom. The number of aliphatic carboxylic acids is 1. The van der Waals surface area contributed by atoms with Gasteiger partial charge in [0.15, 0.2) is 0 Å². The lowest BCUT2D eigenvalue weighted by Gasteiger charge is -2.32. The molecule has 1 N–H and O–H groups in total. The highest BCUT2D eigenvalue weighted by Crippen LogP contribution is 2.27. The molecule has 0 amide bonds. The minimum atomic E-state index is -0.668. The van der Waals surface area contributed by atoms with E-state index < -0.39 is 5.97 Å². The monoisotopic (exact) mass is 268 g/mol. The largest absolute Gasteiger partial charge is 0.481 e. The first-order valence-corrected chi connectivity index (χ1v) is 7.72. The van der Waals surface area contributed by atoms with Crippen molar-refractivity contribution in [2.24, 2.45) is 5.92 Å². The highest BCUT2D eigenvalue weighted by Gasteiger charge is 2.31. The van der Waals surface area contributed by atoms with Crippen LogP contribution in [0.15, 0.2) is 0 Å². The summed E-state index contributed by atoms with van der Waals surface area (Å²) in [6.07, 6.45) is 6.48. The lowest BCUT2D eigenvalue weighted by Crippen LogP contribution is -2.42. The number of nitrogens with zero attached hydrogens (tertiary/aromatic N) is 2. The van der Waals surface area contributed by atoms with Gasteiger partial charge in [0.05, 0.1) is 0 Å². The SMILES string of the molecule is CC1CN(C)C(CCC(=O)O)CN(C2CCCC2)C1. The van der Waals surface area contributed by atoms with E-state index in [1.54, 1.807) is 0 Å². The lowest BCUT2D eigenvalue weighted by atomic mass is 10.1. The summed E-state index contributed by atoms with van der Waals surface area (Å²) in [6, 6.07) is 1.16. The Morgan fingerprint density at radius 2 is 1.89 bits per heavy atom. The van der Waals surface area contributed by atoms with Gasteiger partial charge in [-0.25, -0.2) is 0 Å². The Morgan fingerprint density at radius 1 is 1.21 bits per heavy atom. The zero-order valence-corrected chi connectivity index (χ0v) is 12.3. The normalized spacial score (nSPS) is 31.5. The summed E-state index contributed by atoms with van der Waals surface area (Å²) in [7, 11) is 2.15. The fourth-order valence-electron chi connectivity index (χ4n) is 3.75. The molecule has 2 unspecified atom stereocenters. The van der Waals surface area contributed by atoms with Crippen LogP contribution in [0, 0.1) is 5.92 Å². The summed E-state index contributed by atoms with van der Waals surface area (Å²) in [5, 5.41) is 8.90. The van der Waals surface area contributed by atoms with Gasteiger partial charge in [-0.05, 0) is 32.2 Å². The molecule has 0 aromatic rings. The summed E-state index contributed by atoms with van der Waals surface area (Å²) in [4.78, 5) is 15.8. The van der Waals surface area contributed by atoms with Crippen LogP contribution in [0.3, 0.4) is 0 Å². The van der Waals surface area contributed by atoms with Crippen LogP contribution in [0.1, 0.15) is 45.4 Å². The molecule has 2 atom stereocenters. The molecule has 4 heteroatoms. The summed E-state index contributed by atoms with van der Waals surface area (Å²) in [6.45, 7) is 5.64. The Balaban J connectivity index is 1.97. The van der Waals surface area contributed by atoms with E-state index in [4.69, 9.17) is 5.11 Å². The average Bonchev–Trinajstić information content (AvgIpc) is 2.81. The maximum absolute atomic E-state index is 10.8. The molecular formula is C15H28N2O2. The molecule has 1 saturated heterocycles. The van der Waals surface area contributed by atoms with E-state index in [-0.39, 0.29) is 0 Å². The van der Waals surface area contributed by atoms with Crippen LogP contribution in [0.25, 0.3) is 0 Å². The zero-order valence-electron chi connectivity index (χ0n) is 12.3. The third-order valence-corrected chi connectivity index (χ3v) is 4.75. The second-order valence-corrected chi connectivity index (χ2v) is 6.52. The number of hydrogen-bond acceptors (Lipinski definition) is 3. The molecule has 19 heavy (non-hydrogen) atoms. The Kier molecular flexibility index (Phi) is 5.22. The molecule has 0 spiro atoms. The third kappa shape index (κ3) is 4.18. The quantitative estimate of drug-likeness (QED) is 0.847. The number of carbonyl (C=O) groups is 1. The van der Waals surface area contributed by atoms with Crippen LogP contribution in [0.4, 0.5) is 0 Å². The molecule has 1 saturated carbocycles. The second-order valence-electron chi connectivity index (χ2n) is 6.52. The first-order valence-electron chi connectivity index (χ1n) is 7.72. The van der Waals surface area contributed by atoms with E-state index in [0.29, 0.717) is 18.4 Å². The van der Waals surface area contributed by atoms with E-state index >= 15 is 0 Å². The molecule has 0 aromatic heterocycles. The zero-order chi connectivity index (χ0) is 13.8. The van der Waals surface area contributed by atoms with Gasteiger partial charge in [0, 0.05) is 38.1 Å². The summed E-state index contributed by atoms with van der Waals surface area (Å²) in [5.41, 5.74) is 0. The van der Waals surface area contributed by atoms with Crippen LogP contribution in [-0.2, 0) is 4.79 Å². The van der Waals surface area contributed by atoms with Crippen molar-refractivity contribution in [3.05, 3.63) is 0 Å². The van der Waals surface area contributed by atoms with E-state index in [1.165, 1.54) is 32.2 Å². The second kappa shape index (κ2) is 6.71. The predicted molar refractivity (Wildman–Crippen MR) is 76.3 cm³/mol. The van der Waals surface area contributed by atoms with Crippen molar-refractivity contribution in [1.29, 1.82) is 0 Å². The predicted octanol–water partition coefficient (Wildman–Crippen LogP) is 2.05. The minimum Gasteiger partial charge on any atom is -0.481 e. The van der Waals surface area contributed by atoms with Crippen LogP contribution >= 0.6 is 0 Å². The number of carboxylic acid groups (broad SMARTS) is 1. The molecule has 4 nitrogen and oxygen atoms in total. The number of carboxylic acids is 1. The van der Waals surface area contributed by atoms with Gasteiger partial charge < -0.3 is 10.0 Å². The van der Waals surface area contributed by atoms with Crippen molar-refractivity contribution in [2.45, 2.75) is 57.5 Å². The molecule has 1 aliphatic carbocycles. The molecule has 2 fully saturated rings. The number of rotatable bonds is 4. The van der Waals surface area contributed by atoms with E-state index in [9.17, 15) is 4.79 Å². The Bertz CT molecular complexity index is 303. The standard InChI is InChI=1S/C15H28N2O2/c1-12-9-16(2)14(7-8-15(18)19)11-17(10-12)13-5-3-4-6-13/h12-14H,3-11H2,1-2H3,(H,18,19). The average molecular weight is 268 g/mol. The number of likely N-dealkylation sites (N-methyl/N-ethyl adjacent to an activating group) is 1. The summed E-state index contributed by atoms with van der Waals surface area (Å²) >= 11 is 0. The summed E-state index contributed by atoms with van der Waals surface area (Å²) < 4.78 is 0. The van der Waals surface area contributed by atoms with Crippen molar-refractivity contribution in [2.75, 3.05) is 26.7 Å². The van der Waals surface area contributed by atoms with Crippen molar-refractivity contribution in [3.8, 4) is 0 Å². The molecule has 110 valence electrons. The molecule has 1 heterocycles. The van der Waals surface area contributed by atoms with Crippen molar-refractivity contribution < 1.29 is 9.90 Å². The van der Waals surface area contributed by atoms with Crippen molar-refractivity contribution in [1.82, 2.24) is 9.80 Å². The van der Waals surface area contributed by atoms with Crippen molar-refractivity contribution >= 4 is 5.97 Å². The highest BCUT2D eigenvalue weighted by molar-refractivity contribution is 5.66. The minimum absolute atomic E-state index is 0.294. The van der Waals surface area contributed by atoms with Crippen LogP contribution in [0.5, 0.6) is 0 Å². The third-order valence-electron chi connectivity index (χ3n) is 4.75. The first kappa shape index (κ1) is 14.8. The molecule has 0 radical (unpaired) electrons. The number of hydrogen-bond donors (Lipinski definition) is 1. The van der Waals surface area contributed by atoms with Gasteiger partial charge in [0.2, 0.25) is 0 Å². The van der Waals surface area contributed by atoms with E-state index in [2.05, 4.69) is 23.8 Å². The maximum Gasteiger partial charge on any atom is 0.303 e. The first-order chi connectivity index (χ1) is 9.06. The molecule has 2 rings (SSSR count). The topological polar surface area (TPSA) is 43.8 Å². The van der Waals surface area contributed by atoms with E-state index in [1.807, 2.05) is 0 Å². The molecular weight excluding hydrogens is 240 g/mol. The van der Waals surface area contributed by atoms with Gasteiger partial charge in [0.25, 0.3) is 0 Å². The fraction of sp³-hybridized carbons (Fsp3) is 0.933. The fourth-order valence-corrected chi connectivity index (χ4v) is 3.75. The van der Waals surface area contributed by atoms with Gasteiger partial charge in [-0.15, -0.1) is 0 Å². The van der Waals surface area contributed by atoms with Gasteiger partial charge in [-0.2, -0.15) is 0 Å². The lowest BCUT2D eigenvalue weighted by molar-refractivity contribution is -0.137. The Labute approximate surface area is 116 Å². The van der Waals surface area contributed by atoms with Crippen LogP contribution < -0.4 is 0 Å². The van der Waals surface area contributed by atoms with Crippen molar-refractivity contribution in [3.63, 3.8) is 0 Å². The van der Waals surface area contributed by atoms with Gasteiger partial charge in [0.1, 0.15) is 0 Å². The van der Waals surface area contributed by atoms with Gasteiger partial charge in [-0.1, -0.05) is 19.8 Å². The van der Waals surface area contributed by atoms with Gasteiger partial charge >= 0.3 is 5.97 Å². The van der Waals surface area contributed by atoms with Crippen LogP contribution in [-0.4, -0.2) is 59.6 Å². The molecule has 2 aliphatic rings. The summed E-state index contributed by atoms with van der Waals surface area (Å²) in [5.74, 6) is 0.0125. The molecule has 1 aliphatic heterocycles. The molecule has 0 bridgehead atoms. The van der Waals surface area contributed by atoms with Gasteiger partial charge in [-0.3, -0.25) is 9.69 Å². The molecule has 0 aromatic carbocycles. The Hall–Kier alpha value is -0.610.